The topological polar surface area (TPSA) is 277 Å². The Labute approximate surface area is 251 Å². The number of nitrogen functional groups attached to an aromatic ring is 1. The van der Waals surface area contributed by atoms with Crippen LogP contribution in [0.4, 0.5) is 10.2 Å². The third-order valence-electron chi connectivity index (χ3n) is 7.46. The normalized spacial score (nSPS) is 38.5. The molecule has 3 aliphatic rings. The minimum atomic E-state index is -5.49. The first-order chi connectivity index (χ1) is 20.1. The number of phosphoric ester groups is 1. The van der Waals surface area contributed by atoms with Crippen molar-refractivity contribution in [2.75, 3.05) is 18.9 Å². The number of halogens is 1. The summed E-state index contributed by atoms with van der Waals surface area (Å²) in [5, 5.41) is 63.3. The van der Waals surface area contributed by atoms with Crippen LogP contribution in [0.3, 0.4) is 0 Å². The number of rotatable bonds is 11. The van der Waals surface area contributed by atoms with Crippen molar-refractivity contribution in [2.24, 2.45) is 5.92 Å². The van der Waals surface area contributed by atoms with E-state index in [1.807, 2.05) is 0 Å². The molecule has 0 amide bonds. The van der Waals surface area contributed by atoms with Crippen LogP contribution < -0.4 is 5.73 Å². The highest BCUT2D eigenvalue weighted by molar-refractivity contribution is 8.08. The number of hydrogen-bond donors (Lipinski definition) is 9. The second kappa shape index (κ2) is 12.4. The van der Waals surface area contributed by atoms with Gasteiger partial charge in [0.25, 0.3) is 0 Å². The van der Waals surface area contributed by atoms with Gasteiger partial charge in [0.2, 0.25) is 0 Å². The number of hydrogen-bond acceptors (Lipinski definition) is 17. The van der Waals surface area contributed by atoms with Crippen molar-refractivity contribution in [3.05, 3.63) is 17.3 Å². The van der Waals surface area contributed by atoms with Crippen molar-refractivity contribution >= 4 is 53.7 Å². The quantitative estimate of drug-likeness (QED) is 0.124. The Kier molecular flexibility index (Phi) is 9.65. The van der Waals surface area contributed by atoms with E-state index in [9.17, 15) is 44.3 Å². The summed E-state index contributed by atoms with van der Waals surface area (Å²) in [5.74, 6) is -0.130. The van der Waals surface area contributed by atoms with Gasteiger partial charge in [0.15, 0.2) is 12.5 Å². The summed E-state index contributed by atoms with van der Waals surface area (Å²) in [5.41, 5.74) is 4.98. The Hall–Kier alpha value is -0.870. The van der Waals surface area contributed by atoms with E-state index in [-0.39, 0.29) is 11.7 Å². The van der Waals surface area contributed by atoms with Gasteiger partial charge >= 0.3 is 14.5 Å². The zero-order valence-electron chi connectivity index (χ0n) is 21.8. The molecule has 2 saturated heterocycles. The molecular formula is C21H30FN3O14P2S2. The number of ether oxygens (including phenoxy) is 2. The predicted octanol–water partition coefficient (Wildman–Crippen LogP) is -1.28. The van der Waals surface area contributed by atoms with Crippen molar-refractivity contribution in [1.82, 2.24) is 9.97 Å². The van der Waals surface area contributed by atoms with Gasteiger partial charge in [-0.3, -0.25) is 4.52 Å². The lowest BCUT2D eigenvalue weighted by molar-refractivity contribution is -0.287. The zero-order chi connectivity index (χ0) is 31.5. The van der Waals surface area contributed by atoms with E-state index in [2.05, 4.69) is 18.8 Å². The number of phosphoric acid groups is 1. The summed E-state index contributed by atoms with van der Waals surface area (Å²) in [6.07, 6.45) is -14.4. The van der Waals surface area contributed by atoms with Crippen LogP contribution in [0.25, 0.3) is 10.2 Å². The highest BCUT2D eigenvalue weighted by atomic mass is 32.5. The molecule has 7 unspecified atom stereocenters. The van der Waals surface area contributed by atoms with Crippen molar-refractivity contribution < 1.29 is 72.2 Å². The monoisotopic (exact) mass is 693 g/mol. The Morgan fingerprint density at radius 2 is 1.88 bits per heavy atom. The van der Waals surface area contributed by atoms with E-state index in [0.29, 0.717) is 28.6 Å². The van der Waals surface area contributed by atoms with Crippen LogP contribution in [0, 0.1) is 5.92 Å². The minimum absolute atomic E-state index is 0.216. The van der Waals surface area contributed by atoms with Crippen LogP contribution in [-0.4, -0.2) is 118 Å². The molecule has 22 heteroatoms. The first kappa shape index (κ1) is 33.5. The largest absolute Gasteiger partial charge is 0.481 e. The van der Waals surface area contributed by atoms with Crippen LogP contribution >= 0.6 is 25.9 Å². The van der Waals surface area contributed by atoms with Crippen molar-refractivity contribution in [3.8, 4) is 0 Å². The van der Waals surface area contributed by atoms with Crippen molar-refractivity contribution in [3.63, 3.8) is 0 Å². The molecule has 5 rings (SSSR count). The molecule has 0 aromatic carbocycles. The Bertz CT molecular complexity index is 1420. The molecule has 4 heterocycles. The highest BCUT2D eigenvalue weighted by Crippen LogP contribution is 2.62. The maximum atomic E-state index is 14.0. The van der Waals surface area contributed by atoms with Gasteiger partial charge < -0.3 is 60.2 Å². The van der Waals surface area contributed by atoms with E-state index in [4.69, 9.17) is 36.6 Å². The summed E-state index contributed by atoms with van der Waals surface area (Å²) in [4.78, 5) is 28.8. The number of aromatic nitrogens is 2. The minimum Gasteiger partial charge on any atom is -0.393 e. The van der Waals surface area contributed by atoms with E-state index < -0.39 is 88.5 Å². The summed E-state index contributed by atoms with van der Waals surface area (Å²) in [6.45, 7) is -6.59. The second-order valence-corrected chi connectivity index (χ2v) is 15.6. The van der Waals surface area contributed by atoms with Gasteiger partial charge in [-0.2, -0.15) is 0 Å². The SMILES string of the molecule is Nc1ncnc2c([C@@H]3O[C@H](COP(O)(=S)OP(=O)(O)OC4OC([C@@H](F)CO)C(O)C(O)C4O)[C@@H](O)[C@]3(O)C3CC3)csc12. The lowest BCUT2D eigenvalue weighted by atomic mass is 9.83. The predicted molar refractivity (Wildman–Crippen MR) is 146 cm³/mol. The molecule has 0 bridgehead atoms. The number of thiophene rings is 1. The third kappa shape index (κ3) is 6.54. The fourth-order valence-electron chi connectivity index (χ4n) is 5.17. The number of alkyl halides is 1. The molecule has 43 heavy (non-hydrogen) atoms. The molecule has 1 saturated carbocycles. The third-order valence-corrected chi connectivity index (χ3v) is 12.0. The average molecular weight is 694 g/mol. The smallest absolute Gasteiger partial charge is 0.393 e. The van der Waals surface area contributed by atoms with Gasteiger partial charge in [-0.15, -0.1) is 11.3 Å². The fraction of sp³-hybridized carbons (Fsp3) is 0.714. The first-order valence-corrected chi connectivity index (χ1v) is 17.7. The fourth-order valence-corrected chi connectivity index (χ4v) is 9.21. The van der Waals surface area contributed by atoms with E-state index in [1.165, 1.54) is 17.7 Å². The second-order valence-electron chi connectivity index (χ2n) is 10.3. The van der Waals surface area contributed by atoms with Gasteiger partial charge in [0, 0.05) is 5.56 Å². The van der Waals surface area contributed by atoms with E-state index in [0.717, 1.165) is 0 Å². The highest BCUT2D eigenvalue weighted by Gasteiger charge is 2.63. The van der Waals surface area contributed by atoms with Crippen LogP contribution in [-0.2, 0) is 39.2 Å². The molecule has 2 aromatic heterocycles. The molecular weight excluding hydrogens is 663 g/mol. The lowest BCUT2D eigenvalue weighted by Gasteiger charge is -2.41. The number of aliphatic hydroxyl groups excluding tert-OH is 5. The maximum Gasteiger partial charge on any atom is 0.481 e. The Morgan fingerprint density at radius 3 is 2.53 bits per heavy atom. The lowest BCUT2D eigenvalue weighted by Crippen LogP contribution is -2.60. The molecule has 17 nitrogen and oxygen atoms in total. The van der Waals surface area contributed by atoms with Gasteiger partial charge in [-0.25, -0.2) is 23.2 Å². The Morgan fingerprint density at radius 1 is 1.19 bits per heavy atom. The molecule has 0 radical (unpaired) electrons. The van der Waals surface area contributed by atoms with Gasteiger partial charge in [0.1, 0.15) is 60.5 Å². The number of nitrogens with two attached hydrogens (primary N) is 1. The standard InChI is InChI=1S/C21H30FN3O14P2S2/c22-9(3-26)15-13(28)12(27)14(29)20(37-15)38-40(32,33)39-41(34,42)35-4-10-17(30)21(31,7-1-2-7)18(36-10)8-5-43-16-11(8)24-6-25-19(16)23/h5-7,9-10,12-15,17-18,20,26-31H,1-4H2,(H,32,33)(H,34,42)(H2,23,24,25)/t9-,10+,12?,13?,14?,15?,17+,18-,20?,21+,41?/m0/s1. The summed E-state index contributed by atoms with van der Waals surface area (Å²) in [6, 6.07) is 0. The number of anilines is 1. The number of fused-ring (bicyclic) bond motifs is 1. The van der Waals surface area contributed by atoms with Crippen LogP contribution in [0.5, 0.6) is 0 Å². The van der Waals surface area contributed by atoms with Gasteiger partial charge in [0.05, 0.1) is 23.4 Å². The van der Waals surface area contributed by atoms with E-state index in [1.54, 1.807) is 5.38 Å². The van der Waals surface area contributed by atoms with Crippen LogP contribution in [0.2, 0.25) is 0 Å². The molecule has 10 N–H and O–H groups in total. The van der Waals surface area contributed by atoms with Gasteiger partial charge in [-0.1, -0.05) is 0 Å². The Balaban J connectivity index is 1.26. The number of nitrogens with zero attached hydrogens (tertiary/aromatic N) is 2. The maximum absolute atomic E-state index is 14.0. The van der Waals surface area contributed by atoms with Crippen molar-refractivity contribution in [2.45, 2.75) is 73.6 Å². The van der Waals surface area contributed by atoms with E-state index >= 15 is 0 Å². The van der Waals surface area contributed by atoms with Crippen LogP contribution in [0.1, 0.15) is 24.5 Å². The van der Waals surface area contributed by atoms with Crippen LogP contribution in [0.15, 0.2) is 11.7 Å². The molecule has 1 aliphatic carbocycles. The van der Waals surface area contributed by atoms with Crippen molar-refractivity contribution in [1.29, 1.82) is 0 Å². The van der Waals surface area contributed by atoms with Gasteiger partial charge in [-0.05, 0) is 35.9 Å². The molecule has 0 spiro atoms. The summed E-state index contributed by atoms with van der Waals surface area (Å²) < 4.78 is 52.3. The molecule has 3 fully saturated rings. The number of aliphatic hydroxyl groups is 6. The average Bonchev–Trinajstić information content (AvgIpc) is 3.66. The summed E-state index contributed by atoms with van der Waals surface area (Å²) >= 11 is 6.01. The molecule has 2 aromatic rings. The molecule has 2 aliphatic heterocycles. The molecule has 12 atom stereocenters. The first-order valence-electron chi connectivity index (χ1n) is 12.8. The summed E-state index contributed by atoms with van der Waals surface area (Å²) in [7, 11) is -5.49. The zero-order valence-corrected chi connectivity index (χ0v) is 25.3. The molecule has 242 valence electrons.